The summed E-state index contributed by atoms with van der Waals surface area (Å²) >= 11 is 0. The molecule has 0 aliphatic heterocycles. The highest BCUT2D eigenvalue weighted by Crippen LogP contribution is 2.20. The lowest BCUT2D eigenvalue weighted by Gasteiger charge is -2.14. The molecule has 120 valence electrons. The van der Waals surface area contributed by atoms with Crippen LogP contribution in [-0.4, -0.2) is 14.8 Å². The van der Waals surface area contributed by atoms with Gasteiger partial charge in [0.2, 0.25) is 0 Å². The molecule has 2 aromatic carbocycles. The van der Waals surface area contributed by atoms with Gasteiger partial charge in [-0.1, -0.05) is 30.3 Å². The Kier molecular flexibility index (Phi) is 3.84. The average Bonchev–Trinajstić information content (AvgIpc) is 3.29. The molecule has 5 heteroatoms. The van der Waals surface area contributed by atoms with Gasteiger partial charge >= 0.3 is 0 Å². The quantitative estimate of drug-likeness (QED) is 0.607. The maximum absolute atomic E-state index is 5.85. The number of hydrogen-bond acceptors (Lipinski definition) is 4. The average molecular weight is 318 g/mol. The summed E-state index contributed by atoms with van der Waals surface area (Å²) in [7, 11) is 0. The first-order chi connectivity index (χ1) is 11.8. The zero-order valence-electron chi connectivity index (χ0n) is 13.4. The minimum absolute atomic E-state index is 0.196. The fraction of sp³-hybridized carbons (Fsp3) is 0.158. The summed E-state index contributed by atoms with van der Waals surface area (Å²) < 4.78 is 7.61. The lowest BCUT2D eigenvalue weighted by atomic mass is 10.1. The van der Waals surface area contributed by atoms with Crippen molar-refractivity contribution in [1.29, 1.82) is 0 Å². The molecule has 0 bridgehead atoms. The van der Waals surface area contributed by atoms with E-state index in [-0.39, 0.29) is 6.04 Å². The van der Waals surface area contributed by atoms with Crippen molar-refractivity contribution in [3.05, 3.63) is 78.6 Å². The summed E-state index contributed by atoms with van der Waals surface area (Å²) in [6, 6.07) is 18.6. The van der Waals surface area contributed by atoms with E-state index in [9.17, 15) is 0 Å². The summed E-state index contributed by atoms with van der Waals surface area (Å²) in [6.45, 7) is 2.83. The van der Waals surface area contributed by atoms with E-state index >= 15 is 0 Å². The number of hydrogen-bond donors (Lipinski definition) is 1. The molecule has 0 unspecified atom stereocenters. The van der Waals surface area contributed by atoms with E-state index in [1.54, 1.807) is 11.0 Å². The molecule has 4 aromatic rings. The smallest absolute Gasteiger partial charge is 0.138 e. The van der Waals surface area contributed by atoms with Gasteiger partial charge in [-0.05, 0) is 36.8 Å². The number of nitrogens with one attached hydrogen (secondary N) is 1. The lowest BCUT2D eigenvalue weighted by molar-refractivity contribution is 0.482. The minimum Gasteiger partial charge on any atom is -0.460 e. The van der Waals surface area contributed by atoms with Gasteiger partial charge in [0, 0.05) is 11.4 Å². The van der Waals surface area contributed by atoms with Gasteiger partial charge in [0.25, 0.3) is 0 Å². The Morgan fingerprint density at radius 3 is 2.88 bits per heavy atom. The second-order valence-corrected chi connectivity index (χ2v) is 5.79. The van der Waals surface area contributed by atoms with E-state index in [4.69, 9.17) is 4.42 Å². The largest absolute Gasteiger partial charge is 0.460 e. The standard InChI is InChI=1S/C19H18N4O/c1-14(15-6-4-7-17(9-15)23-13-20-12-22-23)21-11-18-10-16-5-2-3-8-19(16)24-18/h2-10,12-14,21H,11H2,1H3/t14-/m0/s1. The van der Waals surface area contributed by atoms with Crippen LogP contribution in [0.4, 0.5) is 0 Å². The molecule has 0 amide bonds. The molecule has 0 saturated carbocycles. The van der Waals surface area contributed by atoms with Crippen LogP contribution in [0, 0.1) is 0 Å². The van der Waals surface area contributed by atoms with E-state index in [1.807, 2.05) is 30.3 Å². The molecular formula is C19H18N4O. The molecule has 0 aliphatic carbocycles. The number of fused-ring (bicyclic) bond motifs is 1. The van der Waals surface area contributed by atoms with Crippen molar-refractivity contribution >= 4 is 11.0 Å². The van der Waals surface area contributed by atoms with Crippen LogP contribution in [0.5, 0.6) is 0 Å². The SMILES string of the molecule is C[C@H](NCc1cc2ccccc2o1)c1cccc(-n2cncn2)c1. The van der Waals surface area contributed by atoms with E-state index in [2.05, 4.69) is 46.6 Å². The molecule has 2 aromatic heterocycles. The van der Waals surface area contributed by atoms with Gasteiger partial charge in [-0.15, -0.1) is 0 Å². The molecule has 0 fully saturated rings. The van der Waals surface area contributed by atoms with Gasteiger partial charge < -0.3 is 9.73 Å². The Hall–Kier alpha value is -2.92. The third-order valence-electron chi connectivity index (χ3n) is 4.11. The highest BCUT2D eigenvalue weighted by molar-refractivity contribution is 5.77. The van der Waals surface area contributed by atoms with Crippen LogP contribution in [0.15, 0.2) is 71.7 Å². The topological polar surface area (TPSA) is 55.9 Å². The van der Waals surface area contributed by atoms with Crippen molar-refractivity contribution in [2.45, 2.75) is 19.5 Å². The highest BCUT2D eigenvalue weighted by atomic mass is 16.3. The third kappa shape index (κ3) is 2.94. The maximum atomic E-state index is 5.85. The molecule has 4 rings (SSSR count). The van der Waals surface area contributed by atoms with E-state index in [0.29, 0.717) is 6.54 Å². The van der Waals surface area contributed by atoms with Gasteiger partial charge in [-0.25, -0.2) is 9.67 Å². The second kappa shape index (κ2) is 6.29. The Morgan fingerprint density at radius 2 is 2.04 bits per heavy atom. The molecule has 2 heterocycles. The molecule has 0 saturated heterocycles. The second-order valence-electron chi connectivity index (χ2n) is 5.79. The number of benzene rings is 2. The first-order valence-corrected chi connectivity index (χ1v) is 7.95. The third-order valence-corrected chi connectivity index (χ3v) is 4.11. The van der Waals surface area contributed by atoms with Crippen molar-refractivity contribution in [2.75, 3.05) is 0 Å². The zero-order chi connectivity index (χ0) is 16.4. The fourth-order valence-electron chi connectivity index (χ4n) is 2.77. The zero-order valence-corrected chi connectivity index (χ0v) is 13.4. The number of rotatable bonds is 5. The van der Waals surface area contributed by atoms with E-state index < -0.39 is 0 Å². The first kappa shape index (κ1) is 14.7. The molecule has 1 N–H and O–H groups in total. The van der Waals surface area contributed by atoms with Gasteiger partial charge in [0.05, 0.1) is 12.2 Å². The molecule has 1 atom stereocenters. The lowest BCUT2D eigenvalue weighted by Crippen LogP contribution is -2.18. The number of nitrogens with zero attached hydrogens (tertiary/aromatic N) is 3. The molecule has 0 spiro atoms. The van der Waals surface area contributed by atoms with E-state index in [1.165, 1.54) is 11.9 Å². The minimum atomic E-state index is 0.196. The Labute approximate surface area is 139 Å². The van der Waals surface area contributed by atoms with Gasteiger partial charge in [-0.3, -0.25) is 0 Å². The van der Waals surface area contributed by atoms with Crippen LogP contribution in [0.3, 0.4) is 0 Å². The van der Waals surface area contributed by atoms with Gasteiger partial charge in [0.1, 0.15) is 24.0 Å². The van der Waals surface area contributed by atoms with Crippen LogP contribution >= 0.6 is 0 Å². The van der Waals surface area contributed by atoms with Crippen molar-refractivity contribution in [1.82, 2.24) is 20.1 Å². The van der Waals surface area contributed by atoms with Crippen LogP contribution in [0.25, 0.3) is 16.7 Å². The normalized spacial score (nSPS) is 12.5. The Balaban J connectivity index is 1.48. The maximum Gasteiger partial charge on any atom is 0.138 e. The Bertz CT molecular complexity index is 910. The predicted molar refractivity (Wildman–Crippen MR) is 92.8 cm³/mol. The van der Waals surface area contributed by atoms with Crippen LogP contribution in [0.2, 0.25) is 0 Å². The number of furan rings is 1. The molecular weight excluding hydrogens is 300 g/mol. The highest BCUT2D eigenvalue weighted by Gasteiger charge is 2.09. The van der Waals surface area contributed by atoms with Crippen molar-refractivity contribution in [2.24, 2.45) is 0 Å². The van der Waals surface area contributed by atoms with Crippen molar-refractivity contribution < 1.29 is 4.42 Å². The molecule has 5 nitrogen and oxygen atoms in total. The van der Waals surface area contributed by atoms with Crippen LogP contribution in [0.1, 0.15) is 24.3 Å². The number of aromatic nitrogens is 3. The van der Waals surface area contributed by atoms with E-state index in [0.717, 1.165) is 22.4 Å². The van der Waals surface area contributed by atoms with Crippen molar-refractivity contribution in [3.63, 3.8) is 0 Å². The van der Waals surface area contributed by atoms with Crippen LogP contribution in [-0.2, 0) is 6.54 Å². The molecule has 0 radical (unpaired) electrons. The first-order valence-electron chi connectivity index (χ1n) is 7.95. The van der Waals surface area contributed by atoms with Gasteiger partial charge in [-0.2, -0.15) is 5.10 Å². The monoisotopic (exact) mass is 318 g/mol. The molecule has 0 aliphatic rings. The summed E-state index contributed by atoms with van der Waals surface area (Å²) in [6.07, 6.45) is 3.24. The summed E-state index contributed by atoms with van der Waals surface area (Å²) in [5.41, 5.74) is 3.12. The van der Waals surface area contributed by atoms with Crippen molar-refractivity contribution in [3.8, 4) is 5.69 Å². The summed E-state index contributed by atoms with van der Waals surface area (Å²) in [5, 5.41) is 8.82. The fourth-order valence-corrected chi connectivity index (χ4v) is 2.77. The van der Waals surface area contributed by atoms with Crippen LogP contribution < -0.4 is 5.32 Å². The molecule has 24 heavy (non-hydrogen) atoms. The summed E-state index contributed by atoms with van der Waals surface area (Å²) in [5.74, 6) is 0.940. The summed E-state index contributed by atoms with van der Waals surface area (Å²) in [4.78, 5) is 3.99. The Morgan fingerprint density at radius 1 is 1.12 bits per heavy atom. The predicted octanol–water partition coefficient (Wildman–Crippen LogP) is 3.86. The van der Waals surface area contributed by atoms with Gasteiger partial charge in [0.15, 0.2) is 0 Å². The number of para-hydroxylation sites is 1.